The normalized spacial score (nSPS) is 10.4. The highest BCUT2D eigenvalue weighted by molar-refractivity contribution is 8.02. The van der Waals surface area contributed by atoms with Gasteiger partial charge in [-0.2, -0.15) is 10.5 Å². The lowest BCUT2D eigenvalue weighted by molar-refractivity contribution is 0.523. The number of aromatic nitrogens is 3. The standard InChI is InChI=1S/C10H12N6S/c1-10(2,3)8-14-15-9(16(8)13)17-6-7(4-11)5-12/h6H,13H2,1-3H3. The molecule has 1 heterocycles. The second kappa shape index (κ2) is 4.89. The van der Waals surface area contributed by atoms with Gasteiger partial charge in [-0.1, -0.05) is 32.5 Å². The van der Waals surface area contributed by atoms with Crippen molar-refractivity contribution in [2.45, 2.75) is 31.3 Å². The first-order valence-electron chi connectivity index (χ1n) is 4.78. The number of hydrogen-bond donors (Lipinski definition) is 1. The molecule has 6 nitrogen and oxygen atoms in total. The highest BCUT2D eigenvalue weighted by Crippen LogP contribution is 2.24. The maximum Gasteiger partial charge on any atom is 0.214 e. The van der Waals surface area contributed by atoms with Gasteiger partial charge in [-0.15, -0.1) is 10.2 Å². The minimum atomic E-state index is -0.211. The summed E-state index contributed by atoms with van der Waals surface area (Å²) in [5, 5.41) is 26.9. The number of nitrogens with zero attached hydrogens (tertiary/aromatic N) is 5. The summed E-state index contributed by atoms with van der Waals surface area (Å²) < 4.78 is 1.37. The highest BCUT2D eigenvalue weighted by atomic mass is 32.2. The molecular formula is C10H12N6S. The molecule has 0 fully saturated rings. The van der Waals surface area contributed by atoms with Crippen molar-refractivity contribution < 1.29 is 0 Å². The number of allylic oxidation sites excluding steroid dienone is 1. The Hall–Kier alpha value is -1.99. The number of nitrogens with two attached hydrogens (primary N) is 1. The lowest BCUT2D eigenvalue weighted by Crippen LogP contribution is -2.23. The Bertz CT molecular complexity index is 506. The van der Waals surface area contributed by atoms with Crippen LogP contribution in [0.1, 0.15) is 26.6 Å². The Kier molecular flexibility index (Phi) is 3.77. The summed E-state index contributed by atoms with van der Waals surface area (Å²) in [7, 11) is 0. The van der Waals surface area contributed by atoms with E-state index in [1.165, 1.54) is 10.1 Å². The van der Waals surface area contributed by atoms with Gasteiger partial charge in [0.25, 0.3) is 0 Å². The van der Waals surface area contributed by atoms with E-state index in [1.807, 2.05) is 20.8 Å². The van der Waals surface area contributed by atoms with Gasteiger partial charge in [-0.25, -0.2) is 4.68 Å². The molecule has 1 aromatic heterocycles. The lowest BCUT2D eigenvalue weighted by atomic mass is 9.96. The zero-order valence-electron chi connectivity index (χ0n) is 9.80. The molecule has 0 bridgehead atoms. The van der Waals surface area contributed by atoms with Crippen LogP contribution in [0.25, 0.3) is 0 Å². The van der Waals surface area contributed by atoms with Crippen LogP contribution in [0.2, 0.25) is 0 Å². The van der Waals surface area contributed by atoms with E-state index >= 15 is 0 Å². The zero-order chi connectivity index (χ0) is 13.1. The third-order valence-corrected chi connectivity index (χ3v) is 2.70. The highest BCUT2D eigenvalue weighted by Gasteiger charge is 2.22. The fraction of sp³-hybridized carbons (Fsp3) is 0.400. The van der Waals surface area contributed by atoms with Crippen LogP contribution in [-0.4, -0.2) is 14.9 Å². The van der Waals surface area contributed by atoms with E-state index in [9.17, 15) is 0 Å². The van der Waals surface area contributed by atoms with E-state index in [4.69, 9.17) is 16.4 Å². The Morgan fingerprint density at radius 3 is 2.35 bits per heavy atom. The fourth-order valence-electron chi connectivity index (χ4n) is 1.06. The minimum Gasteiger partial charge on any atom is -0.336 e. The molecule has 0 aliphatic carbocycles. The molecular weight excluding hydrogens is 236 g/mol. The van der Waals surface area contributed by atoms with E-state index in [-0.39, 0.29) is 11.0 Å². The van der Waals surface area contributed by atoms with Crippen LogP contribution >= 0.6 is 11.8 Å². The number of nitrogen functional groups attached to an aromatic ring is 1. The third kappa shape index (κ3) is 2.99. The number of hydrogen-bond acceptors (Lipinski definition) is 6. The van der Waals surface area contributed by atoms with Crippen molar-refractivity contribution in [2.24, 2.45) is 0 Å². The van der Waals surface area contributed by atoms with Crippen LogP contribution in [0.4, 0.5) is 0 Å². The van der Waals surface area contributed by atoms with Gasteiger partial charge in [-0.05, 0) is 0 Å². The van der Waals surface area contributed by atoms with Crippen LogP contribution in [0.5, 0.6) is 0 Å². The van der Waals surface area contributed by atoms with E-state index in [2.05, 4.69) is 10.2 Å². The summed E-state index contributed by atoms with van der Waals surface area (Å²) in [6, 6.07) is 3.52. The molecule has 0 aliphatic heterocycles. The van der Waals surface area contributed by atoms with Crippen LogP contribution in [0, 0.1) is 22.7 Å². The number of thioether (sulfide) groups is 1. The maximum atomic E-state index is 8.58. The van der Waals surface area contributed by atoms with Crippen molar-refractivity contribution in [1.82, 2.24) is 14.9 Å². The van der Waals surface area contributed by atoms with E-state index in [1.54, 1.807) is 12.1 Å². The number of nitriles is 2. The predicted octanol–water partition coefficient (Wildman–Crippen LogP) is 1.31. The molecule has 0 spiro atoms. The topological polar surface area (TPSA) is 104 Å². The van der Waals surface area contributed by atoms with Gasteiger partial charge in [0.15, 0.2) is 5.82 Å². The lowest BCUT2D eigenvalue weighted by Gasteiger charge is -2.16. The summed E-state index contributed by atoms with van der Waals surface area (Å²) in [5.74, 6) is 6.48. The first-order valence-corrected chi connectivity index (χ1v) is 5.66. The van der Waals surface area contributed by atoms with E-state index in [0.29, 0.717) is 11.0 Å². The molecule has 1 rings (SSSR count). The molecule has 0 saturated heterocycles. The summed E-state index contributed by atoms with van der Waals surface area (Å²) in [5.41, 5.74) is -0.201. The number of rotatable bonds is 2. The Morgan fingerprint density at radius 1 is 1.35 bits per heavy atom. The van der Waals surface area contributed by atoms with Crippen molar-refractivity contribution in [3.05, 3.63) is 16.8 Å². The molecule has 7 heteroatoms. The maximum absolute atomic E-state index is 8.58. The molecule has 0 radical (unpaired) electrons. The average molecular weight is 248 g/mol. The molecule has 88 valence electrons. The quantitative estimate of drug-likeness (QED) is 0.480. The molecule has 0 atom stereocenters. The zero-order valence-corrected chi connectivity index (χ0v) is 10.6. The molecule has 2 N–H and O–H groups in total. The second-order valence-corrected chi connectivity index (χ2v) is 5.14. The van der Waals surface area contributed by atoms with Gasteiger partial charge >= 0.3 is 0 Å². The van der Waals surface area contributed by atoms with Crippen LogP contribution < -0.4 is 5.84 Å². The van der Waals surface area contributed by atoms with Gasteiger partial charge in [0.05, 0.1) is 0 Å². The summed E-state index contributed by atoms with van der Waals surface area (Å²) >= 11 is 1.10. The average Bonchev–Trinajstić information content (AvgIpc) is 2.61. The summed E-state index contributed by atoms with van der Waals surface area (Å²) in [6.45, 7) is 5.92. The SMILES string of the molecule is CC(C)(C)c1nnc(SC=C(C#N)C#N)n1N. The van der Waals surface area contributed by atoms with Crippen LogP contribution in [-0.2, 0) is 5.41 Å². The molecule has 1 aromatic rings. The second-order valence-electron chi connectivity index (χ2n) is 4.30. The molecule has 0 aromatic carbocycles. The van der Waals surface area contributed by atoms with E-state index < -0.39 is 0 Å². The predicted molar refractivity (Wildman–Crippen MR) is 64.0 cm³/mol. The molecule has 0 saturated carbocycles. The Labute approximate surface area is 104 Å². The van der Waals surface area contributed by atoms with Gasteiger partial charge < -0.3 is 5.84 Å². The molecule has 0 amide bonds. The van der Waals surface area contributed by atoms with Crippen molar-refractivity contribution in [1.29, 1.82) is 10.5 Å². The Morgan fingerprint density at radius 2 is 1.94 bits per heavy atom. The smallest absolute Gasteiger partial charge is 0.214 e. The van der Waals surface area contributed by atoms with Crippen LogP contribution in [0.3, 0.4) is 0 Å². The fourth-order valence-corrected chi connectivity index (χ4v) is 1.67. The van der Waals surface area contributed by atoms with E-state index in [0.717, 1.165) is 11.8 Å². The summed E-state index contributed by atoms with van der Waals surface area (Å²) in [4.78, 5) is 0. The Balaban J connectivity index is 2.98. The first-order chi connectivity index (χ1) is 7.90. The minimum absolute atomic E-state index is 0.00955. The summed E-state index contributed by atoms with van der Waals surface area (Å²) in [6.07, 6.45) is 0. The van der Waals surface area contributed by atoms with Crippen molar-refractivity contribution in [3.63, 3.8) is 0 Å². The van der Waals surface area contributed by atoms with Crippen molar-refractivity contribution >= 4 is 11.8 Å². The van der Waals surface area contributed by atoms with Crippen molar-refractivity contribution in [2.75, 3.05) is 5.84 Å². The van der Waals surface area contributed by atoms with Gasteiger partial charge in [0.1, 0.15) is 17.7 Å². The monoisotopic (exact) mass is 248 g/mol. The molecule has 0 aliphatic rings. The third-order valence-electron chi connectivity index (χ3n) is 1.86. The first kappa shape index (κ1) is 13.1. The van der Waals surface area contributed by atoms with Gasteiger partial charge in [0, 0.05) is 10.8 Å². The largest absolute Gasteiger partial charge is 0.336 e. The molecule has 17 heavy (non-hydrogen) atoms. The van der Waals surface area contributed by atoms with Gasteiger partial charge in [0.2, 0.25) is 5.16 Å². The van der Waals surface area contributed by atoms with Gasteiger partial charge in [-0.3, -0.25) is 0 Å². The van der Waals surface area contributed by atoms with Crippen molar-refractivity contribution in [3.8, 4) is 12.1 Å². The molecule has 0 unspecified atom stereocenters. The van der Waals surface area contributed by atoms with Crippen LogP contribution in [0.15, 0.2) is 16.1 Å².